The molecule has 108 valence electrons. The van der Waals surface area contributed by atoms with E-state index < -0.39 is 12.5 Å². The summed E-state index contributed by atoms with van der Waals surface area (Å²) < 4.78 is 1.00. The molecule has 0 aliphatic heterocycles. The molecular weight excluding hydrogens is 354 g/mol. The van der Waals surface area contributed by atoms with Gasteiger partial charge in [0, 0.05) is 16.1 Å². The molecule has 0 unspecified atom stereocenters. The molecule has 0 spiro atoms. The SMILES string of the molecule is O=C(CO)Nc1cccc(C(=O)C=Cc2ccc(Br)s2)c1. The van der Waals surface area contributed by atoms with Crippen molar-refractivity contribution in [3.63, 3.8) is 0 Å². The molecule has 0 aliphatic carbocycles. The number of thiophene rings is 1. The highest BCUT2D eigenvalue weighted by Crippen LogP contribution is 2.23. The van der Waals surface area contributed by atoms with Crippen molar-refractivity contribution in [3.8, 4) is 0 Å². The Hall–Kier alpha value is -1.76. The Morgan fingerprint density at radius 2 is 2.10 bits per heavy atom. The van der Waals surface area contributed by atoms with Gasteiger partial charge < -0.3 is 10.4 Å². The summed E-state index contributed by atoms with van der Waals surface area (Å²) in [7, 11) is 0. The molecule has 0 fully saturated rings. The molecule has 6 heteroatoms. The molecule has 0 aliphatic rings. The van der Waals surface area contributed by atoms with Crippen LogP contribution in [0, 0.1) is 0 Å². The molecule has 0 bridgehead atoms. The van der Waals surface area contributed by atoms with Crippen molar-refractivity contribution in [2.75, 3.05) is 11.9 Å². The van der Waals surface area contributed by atoms with E-state index in [-0.39, 0.29) is 5.78 Å². The van der Waals surface area contributed by atoms with Crippen molar-refractivity contribution in [2.24, 2.45) is 0 Å². The Labute approximate surface area is 134 Å². The maximum atomic E-state index is 12.1. The van der Waals surface area contributed by atoms with Crippen molar-refractivity contribution in [1.82, 2.24) is 0 Å². The van der Waals surface area contributed by atoms with Crippen LogP contribution in [0.2, 0.25) is 0 Å². The van der Waals surface area contributed by atoms with Crippen LogP contribution < -0.4 is 5.32 Å². The molecule has 1 aromatic heterocycles. The lowest BCUT2D eigenvalue weighted by Gasteiger charge is -2.04. The Bertz CT molecular complexity index is 694. The number of amides is 1. The summed E-state index contributed by atoms with van der Waals surface area (Å²) in [6.07, 6.45) is 3.24. The van der Waals surface area contributed by atoms with E-state index in [9.17, 15) is 9.59 Å². The van der Waals surface area contributed by atoms with Crippen LogP contribution in [0.15, 0.2) is 46.3 Å². The first-order valence-corrected chi connectivity index (χ1v) is 7.68. The largest absolute Gasteiger partial charge is 0.387 e. The van der Waals surface area contributed by atoms with Crippen LogP contribution in [0.3, 0.4) is 0 Å². The lowest BCUT2D eigenvalue weighted by atomic mass is 10.1. The molecule has 21 heavy (non-hydrogen) atoms. The molecule has 0 radical (unpaired) electrons. The number of rotatable bonds is 5. The normalized spacial score (nSPS) is 10.8. The number of carbonyl (C=O) groups excluding carboxylic acids is 2. The predicted molar refractivity (Wildman–Crippen MR) is 87.5 cm³/mol. The molecule has 2 rings (SSSR count). The summed E-state index contributed by atoms with van der Waals surface area (Å²) in [5, 5.41) is 11.2. The molecule has 4 nitrogen and oxygen atoms in total. The van der Waals surface area contributed by atoms with E-state index >= 15 is 0 Å². The third kappa shape index (κ3) is 4.63. The van der Waals surface area contributed by atoms with Gasteiger partial charge in [-0.15, -0.1) is 11.3 Å². The van der Waals surface area contributed by atoms with E-state index in [1.165, 1.54) is 17.4 Å². The van der Waals surface area contributed by atoms with E-state index in [0.29, 0.717) is 11.3 Å². The monoisotopic (exact) mass is 365 g/mol. The minimum Gasteiger partial charge on any atom is -0.387 e. The van der Waals surface area contributed by atoms with Crippen LogP contribution in [0.4, 0.5) is 5.69 Å². The maximum absolute atomic E-state index is 12.1. The van der Waals surface area contributed by atoms with Gasteiger partial charge in [0.05, 0.1) is 3.79 Å². The van der Waals surface area contributed by atoms with Crippen molar-refractivity contribution in [2.45, 2.75) is 0 Å². The van der Waals surface area contributed by atoms with Crippen LogP contribution in [0.5, 0.6) is 0 Å². The number of aliphatic hydroxyl groups is 1. The van der Waals surface area contributed by atoms with E-state index in [4.69, 9.17) is 5.11 Å². The Morgan fingerprint density at radius 3 is 2.76 bits per heavy atom. The topological polar surface area (TPSA) is 66.4 Å². The van der Waals surface area contributed by atoms with E-state index in [2.05, 4.69) is 21.2 Å². The van der Waals surface area contributed by atoms with Crippen molar-refractivity contribution < 1.29 is 14.7 Å². The summed E-state index contributed by atoms with van der Waals surface area (Å²) in [4.78, 5) is 24.2. The number of carbonyl (C=O) groups is 2. The Balaban J connectivity index is 2.10. The third-order valence-electron chi connectivity index (χ3n) is 2.57. The second-order valence-corrected chi connectivity index (χ2v) is 6.62. The second kappa shape index (κ2) is 7.31. The minimum atomic E-state index is -0.592. The molecule has 0 atom stereocenters. The zero-order valence-corrected chi connectivity index (χ0v) is 13.3. The van der Waals surface area contributed by atoms with E-state index in [1.807, 2.05) is 12.1 Å². The van der Waals surface area contributed by atoms with Gasteiger partial charge in [-0.2, -0.15) is 0 Å². The van der Waals surface area contributed by atoms with Crippen LogP contribution >= 0.6 is 27.3 Å². The predicted octanol–water partition coefficient (Wildman–Crippen LogP) is 3.34. The Morgan fingerprint density at radius 1 is 1.29 bits per heavy atom. The van der Waals surface area contributed by atoms with Gasteiger partial charge >= 0.3 is 0 Å². The highest BCUT2D eigenvalue weighted by atomic mass is 79.9. The van der Waals surface area contributed by atoms with Gasteiger partial charge in [-0.05, 0) is 52.3 Å². The molecule has 2 aromatic rings. The summed E-state index contributed by atoms with van der Waals surface area (Å²) >= 11 is 4.89. The smallest absolute Gasteiger partial charge is 0.250 e. The summed E-state index contributed by atoms with van der Waals surface area (Å²) in [5.74, 6) is -0.668. The number of hydrogen-bond donors (Lipinski definition) is 2. The number of aliphatic hydroxyl groups excluding tert-OH is 1. The number of nitrogens with one attached hydrogen (secondary N) is 1. The van der Waals surface area contributed by atoms with Crippen LogP contribution in [-0.4, -0.2) is 23.4 Å². The fraction of sp³-hybridized carbons (Fsp3) is 0.0667. The quantitative estimate of drug-likeness (QED) is 0.630. The number of anilines is 1. The van der Waals surface area contributed by atoms with Crippen molar-refractivity contribution >= 4 is 50.7 Å². The van der Waals surface area contributed by atoms with Crippen LogP contribution in [-0.2, 0) is 4.79 Å². The first kappa shape index (κ1) is 15.6. The summed E-state index contributed by atoms with van der Waals surface area (Å²) in [6, 6.07) is 10.4. The van der Waals surface area contributed by atoms with E-state index in [1.54, 1.807) is 30.3 Å². The fourth-order valence-corrected chi connectivity index (χ4v) is 2.95. The Kier molecular flexibility index (Phi) is 5.44. The first-order valence-electron chi connectivity index (χ1n) is 6.07. The first-order chi connectivity index (χ1) is 10.1. The van der Waals surface area contributed by atoms with Gasteiger partial charge in [0.15, 0.2) is 5.78 Å². The average molecular weight is 366 g/mol. The average Bonchev–Trinajstić information content (AvgIpc) is 2.90. The molecule has 0 saturated heterocycles. The number of allylic oxidation sites excluding steroid dienone is 1. The molecule has 1 heterocycles. The van der Waals surface area contributed by atoms with E-state index in [0.717, 1.165) is 8.66 Å². The molecule has 0 saturated carbocycles. The highest BCUT2D eigenvalue weighted by molar-refractivity contribution is 9.11. The second-order valence-electron chi connectivity index (χ2n) is 4.13. The van der Waals surface area contributed by atoms with Crippen molar-refractivity contribution in [1.29, 1.82) is 0 Å². The molecule has 1 amide bonds. The van der Waals surface area contributed by atoms with Crippen LogP contribution in [0.25, 0.3) is 6.08 Å². The summed E-state index contributed by atoms with van der Waals surface area (Å²) in [5.41, 5.74) is 0.949. The summed E-state index contributed by atoms with van der Waals surface area (Å²) in [6.45, 7) is -0.592. The number of hydrogen-bond acceptors (Lipinski definition) is 4. The molecular formula is C15H12BrNO3S. The number of benzene rings is 1. The van der Waals surface area contributed by atoms with Crippen LogP contribution in [0.1, 0.15) is 15.2 Å². The lowest BCUT2D eigenvalue weighted by Crippen LogP contribution is -2.15. The molecule has 1 aromatic carbocycles. The van der Waals surface area contributed by atoms with Gasteiger partial charge in [-0.1, -0.05) is 12.1 Å². The van der Waals surface area contributed by atoms with Gasteiger partial charge in [0.25, 0.3) is 0 Å². The minimum absolute atomic E-state index is 0.153. The van der Waals surface area contributed by atoms with Gasteiger partial charge in [-0.3, -0.25) is 9.59 Å². The fourth-order valence-electron chi connectivity index (χ4n) is 1.62. The molecule has 2 N–H and O–H groups in total. The lowest BCUT2D eigenvalue weighted by molar-refractivity contribution is -0.118. The number of ketones is 1. The highest BCUT2D eigenvalue weighted by Gasteiger charge is 2.05. The maximum Gasteiger partial charge on any atom is 0.250 e. The van der Waals surface area contributed by atoms with Gasteiger partial charge in [0.1, 0.15) is 6.61 Å². The zero-order valence-electron chi connectivity index (χ0n) is 10.9. The third-order valence-corrected chi connectivity index (χ3v) is 4.16. The standard InChI is InChI=1S/C15H12BrNO3S/c16-14-7-5-12(21-14)4-6-13(19)10-2-1-3-11(8-10)17-15(20)9-18/h1-8,18H,9H2,(H,17,20). The number of halogens is 1. The van der Waals surface area contributed by atoms with Gasteiger partial charge in [-0.25, -0.2) is 0 Å². The van der Waals surface area contributed by atoms with Crippen molar-refractivity contribution in [3.05, 3.63) is 56.7 Å². The van der Waals surface area contributed by atoms with Gasteiger partial charge in [0.2, 0.25) is 5.91 Å². The zero-order chi connectivity index (χ0) is 15.2.